The largest absolute Gasteiger partial charge is 0.444 e. The number of halogens is 8. The van der Waals surface area contributed by atoms with Crippen LogP contribution in [0.4, 0.5) is 35.1 Å². The average Bonchev–Trinajstić information content (AvgIpc) is 2.54. The highest BCUT2D eigenvalue weighted by Crippen LogP contribution is 2.37. The topological polar surface area (TPSA) is 9.23 Å². The first-order valence-electron chi connectivity index (χ1n) is 5.92. The van der Waals surface area contributed by atoms with Gasteiger partial charge in [0.25, 0.3) is 0 Å². The summed E-state index contributed by atoms with van der Waals surface area (Å²) >= 11 is 0. The highest BCUT2D eigenvalue weighted by Gasteiger charge is 2.30. The van der Waals surface area contributed by atoms with Gasteiger partial charge >= 0.3 is 0 Å². The monoisotopic (exact) mass is 342 g/mol. The van der Waals surface area contributed by atoms with E-state index in [9.17, 15) is 35.1 Å². The summed E-state index contributed by atoms with van der Waals surface area (Å²) in [6, 6.07) is 0. The molecule has 23 heavy (non-hydrogen) atoms. The van der Waals surface area contributed by atoms with Crippen molar-refractivity contribution in [1.29, 1.82) is 0 Å². The van der Waals surface area contributed by atoms with Gasteiger partial charge < -0.3 is 4.74 Å². The van der Waals surface area contributed by atoms with E-state index < -0.39 is 69.2 Å². The Labute approximate surface area is 124 Å². The molecule has 124 valence electrons. The van der Waals surface area contributed by atoms with E-state index in [0.29, 0.717) is 13.8 Å². The first-order valence-corrected chi connectivity index (χ1v) is 5.92. The van der Waals surface area contributed by atoms with Gasteiger partial charge in [0.1, 0.15) is 0 Å². The molecule has 0 atom stereocenters. The van der Waals surface area contributed by atoms with E-state index in [-0.39, 0.29) is 0 Å². The van der Waals surface area contributed by atoms with Gasteiger partial charge in [-0.2, -0.15) is 17.6 Å². The summed E-state index contributed by atoms with van der Waals surface area (Å²) in [4.78, 5) is 0. The molecule has 0 unspecified atom stereocenters. The Bertz CT molecular complexity index is 690. The molecule has 0 bridgehead atoms. The fourth-order valence-electron chi connectivity index (χ4n) is 1.72. The predicted molar refractivity (Wildman–Crippen MR) is 62.1 cm³/mol. The van der Waals surface area contributed by atoms with Gasteiger partial charge in [-0.1, -0.05) is 0 Å². The lowest BCUT2D eigenvalue weighted by Gasteiger charge is -2.13. The van der Waals surface area contributed by atoms with E-state index in [2.05, 4.69) is 4.74 Å². The Balaban J connectivity index is 2.71. The highest BCUT2D eigenvalue weighted by atomic mass is 19.2. The van der Waals surface area contributed by atoms with Crippen LogP contribution in [0.25, 0.3) is 0 Å². The zero-order valence-corrected chi connectivity index (χ0v) is 11.4. The Morgan fingerprint density at radius 3 is 0.870 bits per heavy atom. The average molecular weight is 342 g/mol. The summed E-state index contributed by atoms with van der Waals surface area (Å²) in [5.41, 5.74) is -2.09. The summed E-state index contributed by atoms with van der Waals surface area (Å²) in [5.74, 6) is -19.7. The molecule has 0 heterocycles. The SMILES string of the molecule is Cc1c(F)c(F)c(Oc2c(F)c(F)c(C)c(F)c2F)c(F)c1F. The number of ether oxygens (including phenoxy) is 1. The molecule has 0 amide bonds. The zero-order valence-electron chi connectivity index (χ0n) is 11.4. The summed E-state index contributed by atoms with van der Waals surface area (Å²) < 4.78 is 112. The minimum Gasteiger partial charge on any atom is -0.444 e. The van der Waals surface area contributed by atoms with Crippen LogP contribution in [-0.2, 0) is 0 Å². The first-order chi connectivity index (χ1) is 10.6. The van der Waals surface area contributed by atoms with Gasteiger partial charge in [0.2, 0.25) is 34.8 Å². The third-order valence-electron chi connectivity index (χ3n) is 3.09. The van der Waals surface area contributed by atoms with Crippen molar-refractivity contribution in [2.45, 2.75) is 13.8 Å². The molecule has 0 saturated carbocycles. The molecule has 2 aromatic rings. The van der Waals surface area contributed by atoms with Gasteiger partial charge in [0.05, 0.1) is 0 Å². The zero-order chi connectivity index (χ0) is 17.6. The second kappa shape index (κ2) is 5.71. The molecule has 0 fully saturated rings. The minimum atomic E-state index is -2.11. The number of hydrogen-bond donors (Lipinski definition) is 0. The van der Waals surface area contributed by atoms with Crippen LogP contribution in [0.1, 0.15) is 11.1 Å². The van der Waals surface area contributed by atoms with Crippen molar-refractivity contribution in [3.8, 4) is 11.5 Å². The van der Waals surface area contributed by atoms with Gasteiger partial charge in [0, 0.05) is 11.1 Å². The summed E-state index contributed by atoms with van der Waals surface area (Å²) in [7, 11) is 0. The van der Waals surface area contributed by atoms with E-state index in [0.717, 1.165) is 0 Å². The fourth-order valence-corrected chi connectivity index (χ4v) is 1.72. The third kappa shape index (κ3) is 2.49. The van der Waals surface area contributed by atoms with Crippen molar-refractivity contribution in [2.75, 3.05) is 0 Å². The lowest BCUT2D eigenvalue weighted by molar-refractivity contribution is 0.321. The number of hydrogen-bond acceptors (Lipinski definition) is 1. The molecule has 2 aromatic carbocycles. The Morgan fingerprint density at radius 1 is 0.435 bits per heavy atom. The molecule has 9 heteroatoms. The van der Waals surface area contributed by atoms with Gasteiger partial charge in [-0.3, -0.25) is 0 Å². The van der Waals surface area contributed by atoms with E-state index >= 15 is 0 Å². The maximum Gasteiger partial charge on any atom is 0.205 e. The Hall–Kier alpha value is -2.32. The first kappa shape index (κ1) is 17.0. The minimum absolute atomic E-state index is 0.701. The number of benzene rings is 2. The van der Waals surface area contributed by atoms with E-state index in [4.69, 9.17) is 0 Å². The molecular weight excluding hydrogens is 336 g/mol. The summed E-state index contributed by atoms with van der Waals surface area (Å²) in [5, 5.41) is 0. The van der Waals surface area contributed by atoms with Crippen LogP contribution in [0.3, 0.4) is 0 Å². The second-order valence-corrected chi connectivity index (χ2v) is 4.52. The predicted octanol–water partition coefficient (Wildman–Crippen LogP) is 5.21. The van der Waals surface area contributed by atoms with Crippen LogP contribution in [0.15, 0.2) is 0 Å². The fraction of sp³-hybridized carbons (Fsp3) is 0.143. The Kier molecular flexibility index (Phi) is 4.23. The van der Waals surface area contributed by atoms with Crippen LogP contribution in [0.5, 0.6) is 11.5 Å². The lowest BCUT2D eigenvalue weighted by atomic mass is 10.1. The molecule has 0 spiro atoms. The van der Waals surface area contributed by atoms with Crippen molar-refractivity contribution in [3.05, 3.63) is 57.7 Å². The third-order valence-corrected chi connectivity index (χ3v) is 3.09. The smallest absolute Gasteiger partial charge is 0.205 e. The van der Waals surface area contributed by atoms with Crippen LogP contribution in [0.2, 0.25) is 0 Å². The molecule has 0 aliphatic rings. The van der Waals surface area contributed by atoms with Crippen LogP contribution in [0, 0.1) is 60.4 Å². The van der Waals surface area contributed by atoms with Gasteiger partial charge in [-0.05, 0) is 13.8 Å². The normalized spacial score (nSPS) is 11.0. The molecule has 0 aliphatic heterocycles. The molecule has 2 rings (SSSR count). The van der Waals surface area contributed by atoms with Gasteiger partial charge in [-0.15, -0.1) is 0 Å². The number of rotatable bonds is 2. The molecule has 0 aliphatic carbocycles. The van der Waals surface area contributed by atoms with Crippen molar-refractivity contribution in [3.63, 3.8) is 0 Å². The van der Waals surface area contributed by atoms with Gasteiger partial charge in [-0.25, -0.2) is 17.6 Å². The summed E-state index contributed by atoms with van der Waals surface area (Å²) in [6.45, 7) is 1.40. The lowest BCUT2D eigenvalue weighted by Crippen LogP contribution is -2.07. The Morgan fingerprint density at radius 2 is 0.652 bits per heavy atom. The molecule has 0 N–H and O–H groups in total. The molecule has 0 radical (unpaired) electrons. The molecular formula is C14H6F8O. The molecule has 0 aromatic heterocycles. The maximum absolute atomic E-state index is 13.6. The van der Waals surface area contributed by atoms with Crippen LogP contribution >= 0.6 is 0 Å². The molecule has 0 saturated heterocycles. The van der Waals surface area contributed by atoms with Crippen molar-refractivity contribution < 1.29 is 39.9 Å². The van der Waals surface area contributed by atoms with Crippen molar-refractivity contribution in [1.82, 2.24) is 0 Å². The van der Waals surface area contributed by atoms with Crippen molar-refractivity contribution >= 4 is 0 Å². The standard InChI is InChI=1S/C14H6F8O/c1-3-5(15)9(19)13(10(20)6(3)16)23-14-11(21)7(17)4(2)8(18)12(14)22/h1-2H3. The van der Waals surface area contributed by atoms with Crippen molar-refractivity contribution in [2.24, 2.45) is 0 Å². The van der Waals surface area contributed by atoms with Crippen LogP contribution in [-0.4, -0.2) is 0 Å². The molecule has 1 nitrogen and oxygen atoms in total. The van der Waals surface area contributed by atoms with Gasteiger partial charge in [0.15, 0.2) is 23.3 Å². The van der Waals surface area contributed by atoms with Crippen LogP contribution < -0.4 is 4.74 Å². The quantitative estimate of drug-likeness (QED) is 0.538. The van der Waals surface area contributed by atoms with E-state index in [1.165, 1.54) is 0 Å². The second-order valence-electron chi connectivity index (χ2n) is 4.52. The maximum atomic E-state index is 13.6. The van der Waals surface area contributed by atoms with E-state index in [1.807, 2.05) is 0 Å². The summed E-state index contributed by atoms with van der Waals surface area (Å²) in [6.07, 6.45) is 0. The van der Waals surface area contributed by atoms with E-state index in [1.54, 1.807) is 0 Å². The highest BCUT2D eigenvalue weighted by molar-refractivity contribution is 5.40.